The fraction of sp³-hybridized carbons (Fsp3) is 0.500. The highest BCUT2D eigenvalue weighted by Crippen LogP contribution is 2.18. The SMILES string of the molecule is CCC/C=C/[C@@H](NS(=O)C(C)(C)C)c1ccccc1. The first-order valence-corrected chi connectivity index (χ1v) is 7.99. The molecule has 2 nitrogen and oxygen atoms in total. The minimum atomic E-state index is -1.07. The van der Waals surface area contributed by atoms with E-state index in [1.807, 2.05) is 39.0 Å². The van der Waals surface area contributed by atoms with E-state index in [1.165, 1.54) is 0 Å². The van der Waals surface area contributed by atoms with Crippen LogP contribution in [-0.2, 0) is 11.0 Å². The van der Waals surface area contributed by atoms with E-state index < -0.39 is 11.0 Å². The molecule has 106 valence electrons. The molecule has 1 N–H and O–H groups in total. The Hall–Kier alpha value is -0.930. The van der Waals surface area contributed by atoms with Crippen molar-refractivity contribution in [1.29, 1.82) is 0 Å². The van der Waals surface area contributed by atoms with Crippen LogP contribution in [-0.4, -0.2) is 8.96 Å². The Kier molecular flexibility index (Phi) is 6.46. The molecule has 0 aromatic heterocycles. The number of allylic oxidation sites excluding steroid dienone is 1. The summed E-state index contributed by atoms with van der Waals surface area (Å²) in [7, 11) is -1.07. The van der Waals surface area contributed by atoms with Crippen molar-refractivity contribution in [3.8, 4) is 0 Å². The minimum absolute atomic E-state index is 0.00723. The lowest BCUT2D eigenvalue weighted by atomic mass is 10.1. The molecular formula is C16H25NOS. The molecule has 1 unspecified atom stereocenters. The first-order valence-electron chi connectivity index (χ1n) is 6.84. The zero-order chi connectivity index (χ0) is 14.3. The molecule has 3 heteroatoms. The van der Waals surface area contributed by atoms with Gasteiger partial charge in [0.25, 0.3) is 0 Å². The van der Waals surface area contributed by atoms with Gasteiger partial charge in [0, 0.05) is 0 Å². The second kappa shape index (κ2) is 7.61. The highest BCUT2D eigenvalue weighted by atomic mass is 32.2. The van der Waals surface area contributed by atoms with Crippen LogP contribution < -0.4 is 4.72 Å². The summed E-state index contributed by atoms with van der Waals surface area (Å²) in [5.74, 6) is 0. The zero-order valence-electron chi connectivity index (χ0n) is 12.3. The fourth-order valence-corrected chi connectivity index (χ4v) is 2.37. The Morgan fingerprint density at radius 2 is 1.89 bits per heavy atom. The molecule has 0 heterocycles. The Bertz CT molecular complexity index is 420. The normalized spacial score (nSPS) is 15.6. The number of nitrogens with one attached hydrogen (secondary N) is 1. The van der Waals surface area contributed by atoms with E-state index >= 15 is 0 Å². The molecule has 0 fully saturated rings. The lowest BCUT2D eigenvalue weighted by Crippen LogP contribution is -2.35. The first kappa shape index (κ1) is 16.1. The molecule has 1 rings (SSSR count). The summed E-state index contributed by atoms with van der Waals surface area (Å²) in [6.45, 7) is 8.10. The standard InChI is InChI=1S/C16H25NOS/c1-5-6-8-13-15(14-11-9-7-10-12-14)17-19(18)16(2,3)4/h7-13,15,17H,5-6H2,1-4H3/b13-8+/t15-,19?/m1/s1. The number of unbranched alkanes of at least 4 members (excludes halogenated alkanes) is 1. The third kappa shape index (κ3) is 5.70. The van der Waals surface area contributed by atoms with E-state index in [4.69, 9.17) is 0 Å². The van der Waals surface area contributed by atoms with Gasteiger partial charge in [-0.1, -0.05) is 55.8 Å². The van der Waals surface area contributed by atoms with E-state index in [9.17, 15) is 4.21 Å². The van der Waals surface area contributed by atoms with Gasteiger partial charge >= 0.3 is 0 Å². The summed E-state index contributed by atoms with van der Waals surface area (Å²) in [5.41, 5.74) is 1.15. The summed E-state index contributed by atoms with van der Waals surface area (Å²) in [6, 6.07) is 10.2. The van der Waals surface area contributed by atoms with Gasteiger partial charge in [-0.15, -0.1) is 0 Å². The van der Waals surface area contributed by atoms with E-state index in [-0.39, 0.29) is 10.8 Å². The maximum absolute atomic E-state index is 12.2. The largest absolute Gasteiger partial charge is 0.242 e. The second-order valence-electron chi connectivity index (χ2n) is 5.60. The number of hydrogen-bond acceptors (Lipinski definition) is 1. The summed E-state index contributed by atoms with van der Waals surface area (Å²) < 4.78 is 15.2. The van der Waals surface area contributed by atoms with Gasteiger partial charge in [0.15, 0.2) is 0 Å². The fourth-order valence-electron chi connectivity index (χ4n) is 1.57. The summed E-state index contributed by atoms with van der Waals surface area (Å²) >= 11 is 0. The van der Waals surface area contributed by atoms with E-state index in [1.54, 1.807) is 0 Å². The van der Waals surface area contributed by atoms with Gasteiger partial charge in [-0.2, -0.15) is 0 Å². The predicted molar refractivity (Wildman–Crippen MR) is 84.3 cm³/mol. The molecular weight excluding hydrogens is 254 g/mol. The summed E-state index contributed by atoms with van der Waals surface area (Å²) in [6.07, 6.45) is 6.44. The predicted octanol–water partition coefficient (Wildman–Crippen LogP) is 4.14. The molecule has 0 saturated heterocycles. The number of benzene rings is 1. The van der Waals surface area contributed by atoms with Crippen LogP contribution in [0.25, 0.3) is 0 Å². The third-order valence-electron chi connectivity index (χ3n) is 2.73. The lowest BCUT2D eigenvalue weighted by molar-refractivity contribution is 0.626. The zero-order valence-corrected chi connectivity index (χ0v) is 13.2. The van der Waals surface area contributed by atoms with Crippen molar-refractivity contribution in [2.75, 3.05) is 0 Å². The summed E-state index contributed by atoms with van der Waals surface area (Å²) in [5, 5.41) is 0. The molecule has 0 saturated carbocycles. The van der Waals surface area contributed by atoms with E-state index in [0.717, 1.165) is 18.4 Å². The average molecular weight is 279 g/mol. The van der Waals surface area contributed by atoms with Crippen LogP contribution in [0.15, 0.2) is 42.5 Å². The number of hydrogen-bond donors (Lipinski definition) is 1. The van der Waals surface area contributed by atoms with Crippen LogP contribution in [0.4, 0.5) is 0 Å². The van der Waals surface area contributed by atoms with Crippen molar-refractivity contribution in [3.63, 3.8) is 0 Å². The Labute approximate surface area is 119 Å². The topological polar surface area (TPSA) is 29.1 Å². The molecule has 1 aromatic carbocycles. The highest BCUT2D eigenvalue weighted by molar-refractivity contribution is 7.84. The average Bonchev–Trinajstić information content (AvgIpc) is 2.37. The molecule has 2 atom stereocenters. The maximum Gasteiger partial charge on any atom is 0.0978 e. The van der Waals surface area contributed by atoms with E-state index in [0.29, 0.717) is 0 Å². The van der Waals surface area contributed by atoms with Crippen molar-refractivity contribution >= 4 is 11.0 Å². The van der Waals surface area contributed by atoms with Gasteiger partial charge in [0.05, 0.1) is 21.8 Å². The molecule has 0 bridgehead atoms. The smallest absolute Gasteiger partial charge is 0.0978 e. The van der Waals surface area contributed by atoms with Gasteiger partial charge in [-0.25, -0.2) is 8.93 Å². The van der Waals surface area contributed by atoms with Crippen molar-refractivity contribution in [2.24, 2.45) is 0 Å². The molecule has 0 aliphatic rings. The Morgan fingerprint density at radius 3 is 2.42 bits per heavy atom. The molecule has 0 aliphatic heterocycles. The monoisotopic (exact) mass is 279 g/mol. The number of rotatable bonds is 6. The van der Waals surface area contributed by atoms with Crippen LogP contribution >= 0.6 is 0 Å². The van der Waals surface area contributed by atoms with Crippen molar-refractivity contribution in [3.05, 3.63) is 48.0 Å². The second-order valence-corrected chi connectivity index (χ2v) is 7.60. The van der Waals surface area contributed by atoms with Crippen LogP contribution in [0.3, 0.4) is 0 Å². The molecule has 19 heavy (non-hydrogen) atoms. The van der Waals surface area contributed by atoms with Gasteiger partial charge in [0.2, 0.25) is 0 Å². The maximum atomic E-state index is 12.2. The van der Waals surface area contributed by atoms with E-state index in [2.05, 4.69) is 35.9 Å². The molecule has 0 amide bonds. The molecule has 0 spiro atoms. The van der Waals surface area contributed by atoms with Crippen LogP contribution in [0, 0.1) is 0 Å². The highest BCUT2D eigenvalue weighted by Gasteiger charge is 2.22. The van der Waals surface area contributed by atoms with Crippen LogP contribution in [0.1, 0.15) is 52.1 Å². The van der Waals surface area contributed by atoms with Crippen molar-refractivity contribution in [1.82, 2.24) is 4.72 Å². The Morgan fingerprint density at radius 1 is 1.26 bits per heavy atom. The van der Waals surface area contributed by atoms with Crippen molar-refractivity contribution < 1.29 is 4.21 Å². The first-order chi connectivity index (χ1) is 8.95. The molecule has 1 aromatic rings. The van der Waals surface area contributed by atoms with Gasteiger partial charge in [-0.3, -0.25) is 0 Å². The quantitative estimate of drug-likeness (QED) is 0.779. The van der Waals surface area contributed by atoms with Crippen molar-refractivity contribution in [2.45, 2.75) is 51.3 Å². The Balaban J connectivity index is 2.85. The van der Waals surface area contributed by atoms with Gasteiger partial charge in [-0.05, 0) is 32.8 Å². The molecule has 0 aliphatic carbocycles. The van der Waals surface area contributed by atoms with Gasteiger partial charge in [0.1, 0.15) is 0 Å². The minimum Gasteiger partial charge on any atom is -0.242 e. The molecule has 0 radical (unpaired) electrons. The van der Waals surface area contributed by atoms with Gasteiger partial charge < -0.3 is 0 Å². The summed E-state index contributed by atoms with van der Waals surface area (Å²) in [4.78, 5) is 0. The lowest BCUT2D eigenvalue weighted by Gasteiger charge is -2.22. The van der Waals surface area contributed by atoms with Crippen LogP contribution in [0.5, 0.6) is 0 Å². The van der Waals surface area contributed by atoms with Crippen LogP contribution in [0.2, 0.25) is 0 Å². The third-order valence-corrected chi connectivity index (χ3v) is 4.31.